The number of alkyl halides is 3. The predicted molar refractivity (Wildman–Crippen MR) is 82.1 cm³/mol. The number of nitrogens with one attached hydrogen (secondary N) is 1. The van der Waals surface area contributed by atoms with E-state index < -0.39 is 23.4 Å². The van der Waals surface area contributed by atoms with Gasteiger partial charge in [-0.3, -0.25) is 4.79 Å². The van der Waals surface area contributed by atoms with E-state index in [1.165, 1.54) is 23.7 Å². The van der Waals surface area contributed by atoms with E-state index in [1.54, 1.807) is 0 Å². The van der Waals surface area contributed by atoms with Gasteiger partial charge in [0, 0.05) is 36.5 Å². The first-order chi connectivity index (χ1) is 11.6. The van der Waals surface area contributed by atoms with Crippen LogP contribution in [0.1, 0.15) is 12.5 Å². The van der Waals surface area contributed by atoms with Crippen LogP contribution in [0.25, 0.3) is 16.8 Å². The summed E-state index contributed by atoms with van der Waals surface area (Å²) >= 11 is 0. The zero-order valence-corrected chi connectivity index (χ0v) is 12.7. The number of rotatable bonds is 2. The second-order valence-corrected chi connectivity index (χ2v) is 5.26. The molecule has 3 aromatic rings. The molecule has 3 heterocycles. The third-order valence-electron chi connectivity index (χ3n) is 3.38. The van der Waals surface area contributed by atoms with Crippen molar-refractivity contribution in [2.45, 2.75) is 13.1 Å². The van der Waals surface area contributed by atoms with Crippen molar-refractivity contribution >= 4 is 23.2 Å². The van der Waals surface area contributed by atoms with Gasteiger partial charge in [0.1, 0.15) is 17.3 Å². The maximum absolute atomic E-state index is 14.3. The molecule has 1 amide bonds. The quantitative estimate of drug-likeness (QED) is 0.694. The molecule has 0 atom stereocenters. The van der Waals surface area contributed by atoms with Gasteiger partial charge in [-0.15, -0.1) is 0 Å². The van der Waals surface area contributed by atoms with Gasteiger partial charge >= 0.3 is 6.18 Å². The highest BCUT2D eigenvalue weighted by Gasteiger charge is 2.34. The van der Waals surface area contributed by atoms with Crippen molar-refractivity contribution in [1.29, 1.82) is 0 Å². The monoisotopic (exact) mass is 353 g/mol. The molecule has 0 unspecified atom stereocenters. The Morgan fingerprint density at radius 1 is 1.28 bits per heavy atom. The Kier molecular flexibility index (Phi) is 3.82. The van der Waals surface area contributed by atoms with Crippen LogP contribution in [-0.4, -0.2) is 20.3 Å². The lowest BCUT2D eigenvalue weighted by atomic mass is 10.1. The highest BCUT2D eigenvalue weighted by molar-refractivity contribution is 5.88. The number of halogens is 4. The first kappa shape index (κ1) is 16.7. The highest BCUT2D eigenvalue weighted by atomic mass is 19.4. The molecule has 0 radical (unpaired) electrons. The van der Waals surface area contributed by atoms with Crippen LogP contribution in [0.5, 0.6) is 0 Å². The van der Waals surface area contributed by atoms with E-state index in [0.717, 1.165) is 18.3 Å². The van der Waals surface area contributed by atoms with Gasteiger partial charge < -0.3 is 15.5 Å². The van der Waals surface area contributed by atoms with E-state index in [9.17, 15) is 22.4 Å². The van der Waals surface area contributed by atoms with Crippen molar-refractivity contribution in [2.24, 2.45) is 0 Å². The standard InChI is InChI=1S/C15H11F4N5O/c1-7(25)22-12-6-24-5-9(11(16)3-13(24)23-12)8-2-10(15(17,18)19)14(20)21-4-8/h2-6H,1H3,(H2,20,21)(H,22,25). The number of carbonyl (C=O) groups is 1. The first-order valence-corrected chi connectivity index (χ1v) is 6.94. The fourth-order valence-corrected chi connectivity index (χ4v) is 2.31. The lowest BCUT2D eigenvalue weighted by molar-refractivity contribution is -0.137. The number of pyridine rings is 2. The Morgan fingerprint density at radius 3 is 2.64 bits per heavy atom. The maximum Gasteiger partial charge on any atom is 0.419 e. The van der Waals surface area contributed by atoms with Crippen LogP contribution < -0.4 is 11.1 Å². The molecule has 0 saturated carbocycles. The van der Waals surface area contributed by atoms with E-state index in [1.807, 2.05) is 0 Å². The van der Waals surface area contributed by atoms with Gasteiger partial charge in [0.2, 0.25) is 5.91 Å². The van der Waals surface area contributed by atoms with Crippen molar-refractivity contribution in [2.75, 3.05) is 11.1 Å². The number of carbonyl (C=O) groups excluding carboxylic acids is 1. The van der Waals surface area contributed by atoms with Crippen molar-refractivity contribution in [3.63, 3.8) is 0 Å². The molecule has 0 aliphatic heterocycles. The maximum atomic E-state index is 14.3. The summed E-state index contributed by atoms with van der Waals surface area (Å²) in [5.41, 5.74) is 4.09. The second-order valence-electron chi connectivity index (χ2n) is 5.26. The molecule has 0 aliphatic carbocycles. The molecule has 25 heavy (non-hydrogen) atoms. The number of nitrogens with zero attached hydrogens (tertiary/aromatic N) is 3. The number of fused-ring (bicyclic) bond motifs is 1. The Bertz CT molecular complexity index is 980. The van der Waals surface area contributed by atoms with E-state index in [-0.39, 0.29) is 28.5 Å². The number of anilines is 2. The fourth-order valence-electron chi connectivity index (χ4n) is 2.31. The minimum atomic E-state index is -4.71. The molecule has 0 saturated heterocycles. The van der Waals surface area contributed by atoms with E-state index in [4.69, 9.17) is 5.73 Å². The van der Waals surface area contributed by atoms with Crippen LogP contribution >= 0.6 is 0 Å². The summed E-state index contributed by atoms with van der Waals surface area (Å²) in [4.78, 5) is 18.5. The fraction of sp³-hybridized carbons (Fsp3) is 0.133. The van der Waals surface area contributed by atoms with Gasteiger partial charge in [0.05, 0.1) is 11.8 Å². The van der Waals surface area contributed by atoms with Gasteiger partial charge in [0.15, 0.2) is 5.82 Å². The number of imidazole rings is 1. The van der Waals surface area contributed by atoms with Crippen LogP contribution in [0.4, 0.5) is 29.2 Å². The molecule has 0 aliphatic rings. The lowest BCUT2D eigenvalue weighted by Crippen LogP contribution is -2.10. The zero-order chi connectivity index (χ0) is 18.4. The molecule has 3 aromatic heterocycles. The molecular formula is C15H11F4N5O. The summed E-state index contributed by atoms with van der Waals surface area (Å²) in [6, 6.07) is 1.78. The molecule has 3 N–H and O–H groups in total. The summed E-state index contributed by atoms with van der Waals surface area (Å²) in [6.07, 6.45) is -0.979. The summed E-state index contributed by atoms with van der Waals surface area (Å²) in [6.45, 7) is 1.29. The number of nitrogen functional groups attached to an aromatic ring is 1. The highest BCUT2D eigenvalue weighted by Crippen LogP contribution is 2.35. The number of amides is 1. The minimum Gasteiger partial charge on any atom is -0.383 e. The van der Waals surface area contributed by atoms with Gasteiger partial charge in [-0.25, -0.2) is 14.4 Å². The van der Waals surface area contributed by atoms with Crippen molar-refractivity contribution in [1.82, 2.24) is 14.4 Å². The Hall–Kier alpha value is -3.17. The number of nitrogens with two attached hydrogens (primary N) is 1. The van der Waals surface area contributed by atoms with Gasteiger partial charge in [-0.05, 0) is 6.07 Å². The number of hydrogen-bond donors (Lipinski definition) is 2. The topological polar surface area (TPSA) is 85.3 Å². The molecule has 0 bridgehead atoms. The first-order valence-electron chi connectivity index (χ1n) is 6.94. The summed E-state index contributed by atoms with van der Waals surface area (Å²) in [5, 5.41) is 2.44. The van der Waals surface area contributed by atoms with E-state index >= 15 is 0 Å². The predicted octanol–water partition coefficient (Wildman–Crippen LogP) is 3.09. The SMILES string of the molecule is CC(=O)Nc1cn2cc(-c3cnc(N)c(C(F)(F)F)c3)c(F)cc2n1. The normalized spacial score (nSPS) is 11.7. The van der Waals surface area contributed by atoms with Crippen LogP contribution in [0, 0.1) is 5.82 Å². The minimum absolute atomic E-state index is 0.0873. The van der Waals surface area contributed by atoms with Crippen LogP contribution in [0.15, 0.2) is 30.7 Å². The van der Waals surface area contributed by atoms with E-state index in [0.29, 0.717) is 0 Å². The lowest BCUT2D eigenvalue weighted by Gasteiger charge is -2.11. The molecule has 0 spiro atoms. The second kappa shape index (κ2) is 5.72. The molecule has 10 heteroatoms. The Morgan fingerprint density at radius 2 is 2.00 bits per heavy atom. The smallest absolute Gasteiger partial charge is 0.383 e. The molecule has 3 rings (SSSR count). The average Bonchev–Trinajstić information content (AvgIpc) is 2.86. The number of aromatic nitrogens is 3. The van der Waals surface area contributed by atoms with Gasteiger partial charge in [0.25, 0.3) is 0 Å². The number of hydrogen-bond acceptors (Lipinski definition) is 4. The van der Waals surface area contributed by atoms with Crippen molar-refractivity contribution in [3.8, 4) is 11.1 Å². The van der Waals surface area contributed by atoms with E-state index in [2.05, 4.69) is 15.3 Å². The molecule has 130 valence electrons. The summed E-state index contributed by atoms with van der Waals surface area (Å²) in [7, 11) is 0. The third-order valence-corrected chi connectivity index (χ3v) is 3.38. The molecule has 6 nitrogen and oxygen atoms in total. The van der Waals surface area contributed by atoms with Gasteiger partial charge in [-0.1, -0.05) is 0 Å². The third kappa shape index (κ3) is 3.23. The zero-order valence-electron chi connectivity index (χ0n) is 12.7. The van der Waals surface area contributed by atoms with Crippen molar-refractivity contribution < 1.29 is 22.4 Å². The van der Waals surface area contributed by atoms with Crippen LogP contribution in [0.3, 0.4) is 0 Å². The largest absolute Gasteiger partial charge is 0.419 e. The molecular weight excluding hydrogens is 342 g/mol. The summed E-state index contributed by atoms with van der Waals surface area (Å²) in [5.74, 6) is -1.64. The summed E-state index contributed by atoms with van der Waals surface area (Å²) < 4.78 is 54.6. The average molecular weight is 353 g/mol. The van der Waals surface area contributed by atoms with Gasteiger partial charge in [-0.2, -0.15) is 13.2 Å². The Balaban J connectivity index is 2.12. The van der Waals surface area contributed by atoms with Crippen LogP contribution in [-0.2, 0) is 11.0 Å². The molecule has 0 fully saturated rings. The Labute approximate surface area is 138 Å². The van der Waals surface area contributed by atoms with Crippen LogP contribution in [0.2, 0.25) is 0 Å². The van der Waals surface area contributed by atoms with Crippen molar-refractivity contribution in [3.05, 3.63) is 42.1 Å². The molecule has 0 aromatic carbocycles.